The van der Waals surface area contributed by atoms with Crippen LogP contribution < -0.4 is 9.73 Å². The summed E-state index contributed by atoms with van der Waals surface area (Å²) < 4.78 is 28.0. The predicted molar refractivity (Wildman–Crippen MR) is 144 cm³/mol. The van der Waals surface area contributed by atoms with Gasteiger partial charge < -0.3 is 0 Å². The molecule has 0 radical (unpaired) electrons. The fourth-order valence-corrected chi connectivity index (χ4v) is 6.24. The Morgan fingerprint density at radius 1 is 0.972 bits per heavy atom. The molecule has 0 aliphatic heterocycles. The van der Waals surface area contributed by atoms with Gasteiger partial charge in [-0.15, -0.1) is 0 Å². The lowest BCUT2D eigenvalue weighted by atomic mass is 10.0. The van der Waals surface area contributed by atoms with E-state index in [9.17, 15) is 13.2 Å². The lowest BCUT2D eigenvalue weighted by Crippen LogP contribution is -2.39. The van der Waals surface area contributed by atoms with Gasteiger partial charge in [0.25, 0.3) is 15.9 Å². The molecule has 0 unspecified atom stereocenters. The quantitative estimate of drug-likeness (QED) is 0.269. The van der Waals surface area contributed by atoms with Crippen LogP contribution >= 0.6 is 11.6 Å². The fourth-order valence-electron chi connectivity index (χ4n) is 4.51. The molecule has 0 saturated carbocycles. The number of hydrogen-bond donors (Lipinski definition) is 1. The number of carbonyl (C=O) groups excluding carboxylic acids is 1. The molecular weight excluding hydrogens is 494 g/mol. The van der Waals surface area contributed by atoms with Crippen molar-refractivity contribution in [3.63, 3.8) is 0 Å². The Morgan fingerprint density at radius 2 is 1.69 bits per heavy atom. The van der Waals surface area contributed by atoms with Crippen molar-refractivity contribution in [2.45, 2.75) is 24.7 Å². The van der Waals surface area contributed by atoms with Crippen molar-refractivity contribution < 1.29 is 13.2 Å². The Morgan fingerprint density at radius 3 is 2.44 bits per heavy atom. The van der Waals surface area contributed by atoms with Crippen LogP contribution in [0.15, 0.2) is 88.9 Å². The Bertz CT molecular complexity index is 1590. The van der Waals surface area contributed by atoms with E-state index in [4.69, 9.17) is 11.6 Å². The molecule has 0 saturated heterocycles. The monoisotopic (exact) mass is 517 g/mol. The highest BCUT2D eigenvalue weighted by atomic mass is 35.5. The Hall–Kier alpha value is -3.68. The van der Waals surface area contributed by atoms with Gasteiger partial charge >= 0.3 is 0 Å². The summed E-state index contributed by atoms with van der Waals surface area (Å²) >= 11 is 6.32. The van der Waals surface area contributed by atoms with Crippen LogP contribution in [0, 0.1) is 6.92 Å². The lowest BCUT2D eigenvalue weighted by molar-refractivity contribution is -0.119. The molecule has 36 heavy (non-hydrogen) atoms. The van der Waals surface area contributed by atoms with E-state index in [-0.39, 0.29) is 15.6 Å². The predicted octanol–water partition coefficient (Wildman–Crippen LogP) is 5.25. The largest absolute Gasteiger partial charge is 0.271 e. The van der Waals surface area contributed by atoms with Crippen LogP contribution in [0.4, 0.5) is 5.69 Å². The van der Waals surface area contributed by atoms with Crippen molar-refractivity contribution in [2.75, 3.05) is 10.8 Å². The van der Waals surface area contributed by atoms with E-state index in [1.807, 2.05) is 25.1 Å². The molecule has 1 aliphatic rings. The van der Waals surface area contributed by atoms with Gasteiger partial charge in [0.05, 0.1) is 21.8 Å². The topological polar surface area (TPSA) is 78.8 Å². The number of halogens is 1. The minimum atomic E-state index is -4.06. The van der Waals surface area contributed by atoms with Crippen molar-refractivity contribution in [3.05, 3.63) is 106 Å². The minimum Gasteiger partial charge on any atom is -0.271 e. The van der Waals surface area contributed by atoms with Crippen molar-refractivity contribution >= 4 is 50.2 Å². The van der Waals surface area contributed by atoms with Crippen LogP contribution in [0.5, 0.6) is 0 Å². The molecule has 0 heterocycles. The lowest BCUT2D eigenvalue weighted by Gasteiger charge is -2.24. The summed E-state index contributed by atoms with van der Waals surface area (Å²) in [6.07, 6.45) is 3.64. The third-order valence-corrected chi connectivity index (χ3v) is 8.41. The summed E-state index contributed by atoms with van der Waals surface area (Å²) in [4.78, 5) is 12.9. The van der Waals surface area contributed by atoms with Crippen LogP contribution in [0.25, 0.3) is 10.8 Å². The molecule has 1 aliphatic carbocycles. The minimum absolute atomic E-state index is 0.0669. The van der Waals surface area contributed by atoms with E-state index in [1.54, 1.807) is 42.6 Å². The highest BCUT2D eigenvalue weighted by Gasteiger charge is 2.28. The van der Waals surface area contributed by atoms with Crippen molar-refractivity contribution in [2.24, 2.45) is 5.10 Å². The van der Waals surface area contributed by atoms with Gasteiger partial charge in [0.2, 0.25) is 0 Å². The number of nitrogens with one attached hydrogen (secondary N) is 1. The fraction of sp³-hybridized carbons (Fsp3) is 0.143. The number of nitrogens with zero attached hydrogens (tertiary/aromatic N) is 2. The number of hydrazone groups is 1. The van der Waals surface area contributed by atoms with E-state index in [1.165, 1.54) is 28.6 Å². The van der Waals surface area contributed by atoms with Gasteiger partial charge in [-0.3, -0.25) is 9.10 Å². The molecule has 0 atom stereocenters. The number of amides is 1. The molecule has 1 amide bonds. The Balaban J connectivity index is 1.40. The SMILES string of the molecule is Cc1ccc(S(=O)(=O)N(CC(=O)N/N=C\c2ccc3c4c(cccc24)CC3)c2ccccc2Cl)cc1. The molecule has 0 spiro atoms. The van der Waals surface area contributed by atoms with E-state index < -0.39 is 22.5 Å². The molecule has 182 valence electrons. The zero-order chi connectivity index (χ0) is 25.3. The molecule has 0 bridgehead atoms. The van der Waals surface area contributed by atoms with E-state index in [2.05, 4.69) is 22.7 Å². The average molecular weight is 518 g/mol. The second kappa shape index (κ2) is 9.76. The number of sulfonamides is 1. The zero-order valence-electron chi connectivity index (χ0n) is 19.6. The van der Waals surface area contributed by atoms with Gasteiger partial charge in [-0.25, -0.2) is 13.8 Å². The first-order valence-corrected chi connectivity index (χ1v) is 13.4. The van der Waals surface area contributed by atoms with Gasteiger partial charge in [-0.1, -0.05) is 71.8 Å². The van der Waals surface area contributed by atoms with E-state index in [0.29, 0.717) is 0 Å². The molecule has 4 aromatic carbocycles. The zero-order valence-corrected chi connectivity index (χ0v) is 21.2. The smallest absolute Gasteiger partial charge is 0.264 e. The molecule has 4 aromatic rings. The number of rotatable bonds is 7. The molecule has 8 heteroatoms. The number of benzene rings is 4. The molecule has 1 N–H and O–H groups in total. The molecule has 5 rings (SSSR count). The Kier molecular flexibility index (Phi) is 6.51. The van der Waals surface area contributed by atoms with Gasteiger partial charge in [0, 0.05) is 5.56 Å². The first-order valence-electron chi connectivity index (χ1n) is 11.5. The van der Waals surface area contributed by atoms with Gasteiger partial charge in [0.15, 0.2) is 0 Å². The second-order valence-corrected chi connectivity index (χ2v) is 11.0. The van der Waals surface area contributed by atoms with Crippen molar-refractivity contribution in [1.82, 2.24) is 5.43 Å². The van der Waals surface area contributed by atoms with Crippen LogP contribution in [0.3, 0.4) is 0 Å². The molecule has 0 fully saturated rings. The maximum Gasteiger partial charge on any atom is 0.264 e. The summed E-state index contributed by atoms with van der Waals surface area (Å²) in [5, 5.41) is 6.68. The second-order valence-electron chi connectivity index (χ2n) is 8.72. The first kappa shape index (κ1) is 24.0. The number of para-hydroxylation sites is 1. The maximum atomic E-state index is 13.5. The third-order valence-electron chi connectivity index (χ3n) is 6.32. The standard InChI is InChI=1S/C28H24ClN3O3S/c1-19-9-15-23(16-10-19)36(34,35)32(26-8-3-2-7-25(26)29)18-27(33)31-30-17-22-14-13-21-12-11-20-5-4-6-24(22)28(20)21/h2-10,13-17H,11-12,18H2,1H3,(H,31,33)/b30-17-. The summed E-state index contributed by atoms with van der Waals surface area (Å²) in [6, 6.07) is 23.3. The number of aryl methyl sites for hydroxylation is 3. The molecular formula is C28H24ClN3O3S. The van der Waals surface area contributed by atoms with Gasteiger partial charge in [-0.2, -0.15) is 5.10 Å². The van der Waals surface area contributed by atoms with Crippen LogP contribution in [0.2, 0.25) is 5.02 Å². The number of carbonyl (C=O) groups is 1. The molecule has 6 nitrogen and oxygen atoms in total. The highest BCUT2D eigenvalue weighted by Crippen LogP contribution is 2.32. The van der Waals surface area contributed by atoms with Gasteiger partial charge in [0.1, 0.15) is 6.54 Å². The van der Waals surface area contributed by atoms with Gasteiger partial charge in [-0.05, 0) is 65.9 Å². The van der Waals surface area contributed by atoms with Crippen molar-refractivity contribution in [3.8, 4) is 0 Å². The maximum absolute atomic E-state index is 13.5. The van der Waals surface area contributed by atoms with Crippen LogP contribution in [-0.2, 0) is 27.7 Å². The van der Waals surface area contributed by atoms with Crippen LogP contribution in [-0.4, -0.2) is 27.1 Å². The molecule has 0 aromatic heterocycles. The summed E-state index contributed by atoms with van der Waals surface area (Å²) in [5.41, 5.74) is 7.13. The van der Waals surface area contributed by atoms with E-state index in [0.717, 1.165) is 33.7 Å². The summed E-state index contributed by atoms with van der Waals surface area (Å²) in [5.74, 6) is -0.590. The number of hydrogen-bond acceptors (Lipinski definition) is 4. The Labute approximate surface area is 215 Å². The average Bonchev–Trinajstić information content (AvgIpc) is 3.29. The highest BCUT2D eigenvalue weighted by molar-refractivity contribution is 7.92. The normalized spacial score (nSPS) is 12.8. The summed E-state index contributed by atoms with van der Waals surface area (Å²) in [6.45, 7) is 1.39. The first-order chi connectivity index (χ1) is 17.3. The van der Waals surface area contributed by atoms with Crippen LogP contribution in [0.1, 0.15) is 22.3 Å². The van der Waals surface area contributed by atoms with E-state index >= 15 is 0 Å². The van der Waals surface area contributed by atoms with Crippen molar-refractivity contribution in [1.29, 1.82) is 0 Å². The summed E-state index contributed by atoms with van der Waals surface area (Å²) in [7, 11) is -4.06. The third kappa shape index (κ3) is 4.59. The number of anilines is 1.